The average molecular weight is 236 g/mol. The maximum Gasteiger partial charge on any atom is 0.326 e. The molecule has 92 valence electrons. The van der Waals surface area contributed by atoms with E-state index in [1.807, 2.05) is 0 Å². The van der Waals surface area contributed by atoms with Gasteiger partial charge in [-0.05, 0) is 24.6 Å². The Morgan fingerprint density at radius 3 is 2.41 bits per heavy atom. The van der Waals surface area contributed by atoms with Crippen LogP contribution in [0.25, 0.3) is 0 Å². The fraction of sp³-hybridized carbons (Fsp3) is 0.417. The van der Waals surface area contributed by atoms with Gasteiger partial charge in [0.15, 0.2) is 0 Å². The lowest BCUT2D eigenvalue weighted by Crippen LogP contribution is -2.45. The number of pyridine rings is 1. The van der Waals surface area contributed by atoms with Crippen LogP contribution in [-0.2, 0) is 16.0 Å². The highest BCUT2D eigenvalue weighted by molar-refractivity contribution is 5.82. The van der Waals surface area contributed by atoms with Crippen LogP contribution in [0.5, 0.6) is 0 Å². The van der Waals surface area contributed by atoms with Crippen LogP contribution in [0.1, 0.15) is 19.4 Å². The zero-order chi connectivity index (χ0) is 12.8. The summed E-state index contributed by atoms with van der Waals surface area (Å²) in [6.07, 6.45) is 3.52. The van der Waals surface area contributed by atoms with Gasteiger partial charge in [0.1, 0.15) is 6.04 Å². The number of nitrogens with zero attached hydrogens (tertiary/aromatic N) is 2. The molecule has 1 N–H and O–H groups in total. The second-order valence-corrected chi connectivity index (χ2v) is 3.72. The molecule has 0 aliphatic carbocycles. The monoisotopic (exact) mass is 236 g/mol. The molecule has 0 spiro atoms. The number of aliphatic carboxylic acids is 1. The molecule has 1 unspecified atom stereocenters. The quantitative estimate of drug-likeness (QED) is 0.826. The van der Waals surface area contributed by atoms with E-state index >= 15 is 0 Å². The minimum absolute atomic E-state index is 0.228. The van der Waals surface area contributed by atoms with Gasteiger partial charge >= 0.3 is 5.97 Å². The lowest BCUT2D eigenvalue weighted by Gasteiger charge is -2.26. The molecule has 1 aromatic rings. The lowest BCUT2D eigenvalue weighted by atomic mass is 10.1. The van der Waals surface area contributed by atoms with Crippen molar-refractivity contribution >= 4 is 11.9 Å². The number of amides is 1. The first-order valence-electron chi connectivity index (χ1n) is 5.45. The van der Waals surface area contributed by atoms with Gasteiger partial charge in [-0.3, -0.25) is 9.78 Å². The third-order valence-electron chi connectivity index (χ3n) is 2.58. The topological polar surface area (TPSA) is 70.5 Å². The molecule has 0 saturated heterocycles. The Balaban J connectivity index is 2.87. The summed E-state index contributed by atoms with van der Waals surface area (Å²) < 4.78 is 0. The highest BCUT2D eigenvalue weighted by atomic mass is 16.4. The van der Waals surface area contributed by atoms with Gasteiger partial charge in [0.25, 0.3) is 0 Å². The molecule has 1 heterocycles. The van der Waals surface area contributed by atoms with Gasteiger partial charge in [-0.1, -0.05) is 0 Å². The van der Waals surface area contributed by atoms with E-state index < -0.39 is 12.0 Å². The third-order valence-corrected chi connectivity index (χ3v) is 2.58. The van der Waals surface area contributed by atoms with Gasteiger partial charge in [0.2, 0.25) is 5.91 Å². The Hall–Kier alpha value is -1.91. The van der Waals surface area contributed by atoms with Crippen molar-refractivity contribution in [2.75, 3.05) is 6.54 Å². The average Bonchev–Trinajstić information content (AvgIpc) is 2.29. The highest BCUT2D eigenvalue weighted by Gasteiger charge is 2.26. The number of likely N-dealkylation sites (N-methyl/N-ethyl adjacent to an activating group) is 1. The van der Waals surface area contributed by atoms with Crippen molar-refractivity contribution in [1.29, 1.82) is 0 Å². The second kappa shape index (κ2) is 5.98. The van der Waals surface area contributed by atoms with Gasteiger partial charge in [-0.15, -0.1) is 0 Å². The van der Waals surface area contributed by atoms with Crippen LogP contribution in [0.15, 0.2) is 24.5 Å². The van der Waals surface area contributed by atoms with E-state index in [1.165, 1.54) is 11.8 Å². The fourth-order valence-electron chi connectivity index (χ4n) is 1.74. The van der Waals surface area contributed by atoms with E-state index in [9.17, 15) is 14.7 Å². The van der Waals surface area contributed by atoms with Gasteiger partial charge < -0.3 is 10.0 Å². The zero-order valence-corrected chi connectivity index (χ0v) is 9.96. The molecular weight excluding hydrogens is 220 g/mol. The van der Waals surface area contributed by atoms with Crippen molar-refractivity contribution in [3.05, 3.63) is 30.1 Å². The van der Waals surface area contributed by atoms with E-state index in [4.69, 9.17) is 0 Å². The summed E-state index contributed by atoms with van der Waals surface area (Å²) in [6.45, 7) is 3.53. The van der Waals surface area contributed by atoms with Crippen molar-refractivity contribution in [1.82, 2.24) is 9.88 Å². The Morgan fingerprint density at radius 1 is 1.41 bits per heavy atom. The van der Waals surface area contributed by atoms with E-state index in [1.54, 1.807) is 31.5 Å². The van der Waals surface area contributed by atoms with Crippen molar-refractivity contribution in [3.8, 4) is 0 Å². The predicted octanol–water partition coefficient (Wildman–Crippen LogP) is 0.946. The second-order valence-electron chi connectivity index (χ2n) is 3.72. The Kier molecular flexibility index (Phi) is 4.63. The molecule has 1 amide bonds. The highest BCUT2D eigenvalue weighted by Crippen LogP contribution is 2.09. The van der Waals surface area contributed by atoms with E-state index in [-0.39, 0.29) is 5.91 Å². The molecule has 0 saturated carbocycles. The summed E-state index contributed by atoms with van der Waals surface area (Å²) in [5.41, 5.74) is 0.854. The Morgan fingerprint density at radius 2 is 2.00 bits per heavy atom. The van der Waals surface area contributed by atoms with Crippen molar-refractivity contribution < 1.29 is 14.7 Å². The minimum atomic E-state index is -0.987. The molecule has 17 heavy (non-hydrogen) atoms. The molecule has 1 atom stereocenters. The third kappa shape index (κ3) is 3.55. The van der Waals surface area contributed by atoms with Gasteiger partial charge in [-0.25, -0.2) is 4.79 Å². The fourth-order valence-corrected chi connectivity index (χ4v) is 1.74. The van der Waals surface area contributed by atoms with Crippen molar-refractivity contribution in [2.24, 2.45) is 0 Å². The smallest absolute Gasteiger partial charge is 0.326 e. The first kappa shape index (κ1) is 13.2. The number of hydrogen-bond donors (Lipinski definition) is 1. The SMILES string of the molecule is CCN(C(C)=O)C(Cc1ccncc1)C(=O)O. The molecule has 0 aliphatic rings. The van der Waals surface area contributed by atoms with Gasteiger partial charge in [0, 0.05) is 32.3 Å². The molecule has 5 heteroatoms. The molecule has 1 rings (SSSR count). The predicted molar refractivity (Wildman–Crippen MR) is 62.4 cm³/mol. The number of hydrogen-bond acceptors (Lipinski definition) is 3. The summed E-state index contributed by atoms with van der Waals surface area (Å²) in [4.78, 5) is 27.8. The molecule has 0 radical (unpaired) electrons. The Labute approximate surface area is 100 Å². The van der Waals surface area contributed by atoms with Crippen LogP contribution in [0, 0.1) is 0 Å². The normalized spacial score (nSPS) is 11.9. The van der Waals surface area contributed by atoms with E-state index in [0.29, 0.717) is 13.0 Å². The zero-order valence-electron chi connectivity index (χ0n) is 9.96. The number of carboxylic acids is 1. The van der Waals surface area contributed by atoms with E-state index in [2.05, 4.69) is 4.98 Å². The van der Waals surface area contributed by atoms with E-state index in [0.717, 1.165) is 5.56 Å². The van der Waals surface area contributed by atoms with Gasteiger partial charge in [0.05, 0.1) is 0 Å². The number of carbonyl (C=O) groups excluding carboxylic acids is 1. The first-order valence-corrected chi connectivity index (χ1v) is 5.45. The maximum atomic E-state index is 11.4. The summed E-state index contributed by atoms with van der Waals surface area (Å²) >= 11 is 0. The van der Waals surface area contributed by atoms with Crippen molar-refractivity contribution in [3.63, 3.8) is 0 Å². The number of rotatable bonds is 5. The number of carboxylic acid groups (broad SMARTS) is 1. The van der Waals surface area contributed by atoms with Crippen LogP contribution in [0.4, 0.5) is 0 Å². The molecule has 1 aromatic heterocycles. The van der Waals surface area contributed by atoms with Crippen LogP contribution in [0.2, 0.25) is 0 Å². The summed E-state index contributed by atoms with van der Waals surface area (Å²) in [7, 11) is 0. The number of carbonyl (C=O) groups is 2. The standard InChI is InChI=1S/C12H16N2O3/c1-3-14(9(2)15)11(12(16)17)8-10-4-6-13-7-5-10/h4-7,11H,3,8H2,1-2H3,(H,16,17). The summed E-state index contributed by atoms with van der Waals surface area (Å²) in [5, 5.41) is 9.18. The first-order chi connectivity index (χ1) is 8.06. The minimum Gasteiger partial charge on any atom is -0.480 e. The largest absolute Gasteiger partial charge is 0.480 e. The van der Waals surface area contributed by atoms with Crippen molar-refractivity contribution in [2.45, 2.75) is 26.3 Å². The van der Waals surface area contributed by atoms with Crippen LogP contribution >= 0.6 is 0 Å². The lowest BCUT2D eigenvalue weighted by molar-refractivity contribution is -0.149. The van der Waals surface area contributed by atoms with Crippen LogP contribution in [0.3, 0.4) is 0 Å². The summed E-state index contributed by atoms with van der Waals surface area (Å²) in [5.74, 6) is -1.21. The van der Waals surface area contributed by atoms with Gasteiger partial charge in [-0.2, -0.15) is 0 Å². The summed E-state index contributed by atoms with van der Waals surface area (Å²) in [6, 6.07) is 2.69. The molecule has 0 aliphatic heterocycles. The molecule has 0 fully saturated rings. The van der Waals surface area contributed by atoms with Crippen LogP contribution in [-0.4, -0.2) is 39.5 Å². The molecule has 0 bridgehead atoms. The Bertz CT molecular complexity index is 392. The number of aromatic nitrogens is 1. The van der Waals surface area contributed by atoms with Crippen LogP contribution < -0.4 is 0 Å². The molecule has 5 nitrogen and oxygen atoms in total. The molecule has 0 aromatic carbocycles. The molecular formula is C12H16N2O3. The maximum absolute atomic E-state index is 11.4.